The summed E-state index contributed by atoms with van der Waals surface area (Å²) in [4.78, 5) is 37.9. The maximum absolute atomic E-state index is 12.8. The minimum absolute atomic E-state index is 0.154. The summed E-state index contributed by atoms with van der Waals surface area (Å²) in [7, 11) is 0. The first kappa shape index (κ1) is 60.0. The molecule has 0 saturated carbocycles. The van der Waals surface area contributed by atoms with Crippen LogP contribution in [0, 0.1) is 0 Å². The fourth-order valence-electron chi connectivity index (χ4n) is 5.91. The Labute approximate surface area is 397 Å². The fraction of sp³-hybridized carbons (Fsp3) is 0.508. The lowest BCUT2D eigenvalue weighted by Gasteiger charge is -2.18. The van der Waals surface area contributed by atoms with E-state index < -0.39 is 6.10 Å². The topological polar surface area (TPSA) is 78.9 Å². The van der Waals surface area contributed by atoms with Crippen molar-refractivity contribution in [3.63, 3.8) is 0 Å². The van der Waals surface area contributed by atoms with Crippen LogP contribution in [0.1, 0.15) is 175 Å². The third kappa shape index (κ3) is 49.9. The van der Waals surface area contributed by atoms with E-state index in [1.54, 1.807) is 0 Å². The number of allylic oxidation sites excluding steroid dienone is 26. The standard InChI is InChI=1S/C59H88O6/c1-4-7-10-13-16-19-22-25-27-28-29-30-32-34-37-40-43-46-49-52-58(61)64-55-56(54-63-57(60)51-48-45-42-39-36-33-24-21-18-15-12-9-6-3)65-59(62)53-50-47-44-41-38-35-31-26-23-20-17-14-11-8-5-2/h7-12,16-21,25-27,29-31,33-34,36-37,42-43,45-46,56H,4-6,13-15,22-24,28,32,35,38-41,44,47-55H2,1-3H3/b10-7-,11-8-,12-9-,19-16-,20-17-,21-18-,27-25-,30-29-,31-26-,36-33-,37-34-,45-42-,46-43-. The molecule has 0 aromatic heterocycles. The Balaban J connectivity index is 4.64. The molecule has 0 aromatic rings. The zero-order valence-corrected chi connectivity index (χ0v) is 40.9. The largest absolute Gasteiger partial charge is 0.462 e. The predicted molar refractivity (Wildman–Crippen MR) is 278 cm³/mol. The second-order valence-electron chi connectivity index (χ2n) is 15.6. The van der Waals surface area contributed by atoms with E-state index in [0.29, 0.717) is 12.8 Å². The summed E-state index contributed by atoms with van der Waals surface area (Å²) >= 11 is 0. The summed E-state index contributed by atoms with van der Waals surface area (Å²) < 4.78 is 16.6. The Morgan fingerprint density at radius 2 is 0.585 bits per heavy atom. The van der Waals surface area contributed by atoms with Crippen LogP contribution in [0.5, 0.6) is 0 Å². The Hall–Kier alpha value is -4.97. The maximum Gasteiger partial charge on any atom is 0.306 e. The van der Waals surface area contributed by atoms with Crippen molar-refractivity contribution in [1.82, 2.24) is 0 Å². The summed E-state index contributed by atoms with van der Waals surface area (Å²) in [5.41, 5.74) is 0. The van der Waals surface area contributed by atoms with Gasteiger partial charge in [-0.15, -0.1) is 0 Å². The van der Waals surface area contributed by atoms with E-state index in [1.165, 1.54) is 0 Å². The van der Waals surface area contributed by atoms with E-state index in [1.807, 2.05) is 24.3 Å². The van der Waals surface area contributed by atoms with Crippen LogP contribution in [0.15, 0.2) is 158 Å². The summed E-state index contributed by atoms with van der Waals surface area (Å²) in [5.74, 6) is -1.15. The lowest BCUT2D eigenvalue weighted by Crippen LogP contribution is -2.30. The van der Waals surface area contributed by atoms with Crippen molar-refractivity contribution in [3.8, 4) is 0 Å². The molecule has 0 bridgehead atoms. The number of hydrogen-bond acceptors (Lipinski definition) is 6. The van der Waals surface area contributed by atoms with Gasteiger partial charge >= 0.3 is 17.9 Å². The van der Waals surface area contributed by atoms with Crippen LogP contribution < -0.4 is 0 Å². The van der Waals surface area contributed by atoms with E-state index >= 15 is 0 Å². The first-order valence-corrected chi connectivity index (χ1v) is 25.0. The van der Waals surface area contributed by atoms with Crippen molar-refractivity contribution in [3.05, 3.63) is 158 Å². The lowest BCUT2D eigenvalue weighted by molar-refractivity contribution is -0.166. The highest BCUT2D eigenvalue weighted by atomic mass is 16.6. The number of rotatable bonds is 42. The van der Waals surface area contributed by atoms with Gasteiger partial charge in [0.05, 0.1) is 0 Å². The van der Waals surface area contributed by atoms with Gasteiger partial charge in [-0.3, -0.25) is 14.4 Å². The number of ether oxygens (including phenoxy) is 3. The zero-order chi connectivity index (χ0) is 47.2. The predicted octanol–water partition coefficient (Wildman–Crippen LogP) is 16.6. The van der Waals surface area contributed by atoms with Gasteiger partial charge in [0.15, 0.2) is 6.10 Å². The van der Waals surface area contributed by atoms with Crippen LogP contribution in [0.3, 0.4) is 0 Å². The van der Waals surface area contributed by atoms with Crippen molar-refractivity contribution in [2.24, 2.45) is 0 Å². The molecule has 0 aliphatic carbocycles. The van der Waals surface area contributed by atoms with Crippen LogP contribution in [-0.4, -0.2) is 37.2 Å². The molecule has 0 aliphatic heterocycles. The average molecular weight is 893 g/mol. The molecule has 6 heteroatoms. The molecule has 6 nitrogen and oxygen atoms in total. The van der Waals surface area contributed by atoms with Crippen LogP contribution in [0.2, 0.25) is 0 Å². The minimum Gasteiger partial charge on any atom is -0.462 e. The van der Waals surface area contributed by atoms with Crippen LogP contribution >= 0.6 is 0 Å². The van der Waals surface area contributed by atoms with Crippen molar-refractivity contribution < 1.29 is 28.6 Å². The Morgan fingerprint density at radius 1 is 0.308 bits per heavy atom. The highest BCUT2D eigenvalue weighted by Crippen LogP contribution is 2.11. The van der Waals surface area contributed by atoms with E-state index in [4.69, 9.17) is 14.2 Å². The molecular formula is C59H88O6. The van der Waals surface area contributed by atoms with Crippen molar-refractivity contribution in [1.29, 1.82) is 0 Å². The molecule has 0 spiro atoms. The monoisotopic (exact) mass is 893 g/mol. The highest BCUT2D eigenvalue weighted by Gasteiger charge is 2.19. The van der Waals surface area contributed by atoms with Crippen molar-refractivity contribution >= 4 is 17.9 Å². The van der Waals surface area contributed by atoms with Gasteiger partial charge < -0.3 is 14.2 Å². The average Bonchev–Trinajstić information content (AvgIpc) is 3.30. The summed E-state index contributed by atoms with van der Waals surface area (Å²) in [6.07, 6.45) is 75.4. The van der Waals surface area contributed by atoms with E-state index in [2.05, 4.69) is 154 Å². The molecule has 0 aromatic carbocycles. The van der Waals surface area contributed by atoms with Crippen molar-refractivity contribution in [2.45, 2.75) is 181 Å². The van der Waals surface area contributed by atoms with Gasteiger partial charge in [-0.1, -0.05) is 198 Å². The van der Waals surface area contributed by atoms with Crippen LogP contribution in [0.25, 0.3) is 0 Å². The molecule has 1 atom stereocenters. The molecule has 0 saturated heterocycles. The van der Waals surface area contributed by atoms with Crippen LogP contribution in [0.4, 0.5) is 0 Å². The third-order valence-corrected chi connectivity index (χ3v) is 9.54. The Bertz CT molecular complexity index is 1540. The van der Waals surface area contributed by atoms with Gasteiger partial charge in [-0.2, -0.15) is 0 Å². The summed E-state index contributed by atoms with van der Waals surface area (Å²) in [6.45, 7) is 6.11. The van der Waals surface area contributed by atoms with E-state index in [0.717, 1.165) is 122 Å². The Kier molecular flexibility index (Phi) is 47.7. The maximum atomic E-state index is 12.8. The van der Waals surface area contributed by atoms with Gasteiger partial charge in [0, 0.05) is 19.3 Å². The minimum atomic E-state index is -0.854. The molecule has 0 amide bonds. The van der Waals surface area contributed by atoms with Crippen LogP contribution in [-0.2, 0) is 28.6 Å². The second-order valence-corrected chi connectivity index (χ2v) is 15.6. The quantitative estimate of drug-likeness (QED) is 0.0263. The molecule has 65 heavy (non-hydrogen) atoms. The van der Waals surface area contributed by atoms with Gasteiger partial charge in [0.1, 0.15) is 13.2 Å². The highest BCUT2D eigenvalue weighted by molar-refractivity contribution is 5.71. The molecule has 0 rings (SSSR count). The molecule has 360 valence electrons. The zero-order valence-electron chi connectivity index (χ0n) is 40.9. The first-order chi connectivity index (χ1) is 32.0. The van der Waals surface area contributed by atoms with Gasteiger partial charge in [-0.25, -0.2) is 0 Å². The van der Waals surface area contributed by atoms with Gasteiger partial charge in [-0.05, 0) is 116 Å². The normalized spacial score (nSPS) is 13.5. The SMILES string of the molecule is CC/C=C\C/C=C\C/C=C\C/C=C\C/C=C\C/C=C\CCC(=O)OCC(COC(=O)CC/C=C\C/C=C\C/C=C\C/C=C\CC)OC(=O)CCCCCCC/C=C\C/C=C\C/C=C\CC. The number of esters is 3. The number of hydrogen-bond donors (Lipinski definition) is 0. The smallest absolute Gasteiger partial charge is 0.306 e. The first-order valence-electron chi connectivity index (χ1n) is 25.0. The fourth-order valence-corrected chi connectivity index (χ4v) is 5.91. The molecule has 0 fully saturated rings. The van der Waals surface area contributed by atoms with Crippen molar-refractivity contribution in [2.75, 3.05) is 13.2 Å². The molecule has 1 unspecified atom stereocenters. The molecule has 0 heterocycles. The van der Waals surface area contributed by atoms with Gasteiger partial charge in [0.2, 0.25) is 0 Å². The van der Waals surface area contributed by atoms with E-state index in [-0.39, 0.29) is 50.4 Å². The second kappa shape index (κ2) is 51.7. The molecule has 0 N–H and O–H groups in total. The van der Waals surface area contributed by atoms with Gasteiger partial charge in [0.25, 0.3) is 0 Å². The molecule has 0 aliphatic rings. The number of carbonyl (C=O) groups excluding carboxylic acids is 3. The summed E-state index contributed by atoms with van der Waals surface area (Å²) in [5, 5.41) is 0. The number of carbonyl (C=O) groups is 3. The molecular weight excluding hydrogens is 805 g/mol. The number of unbranched alkanes of at least 4 members (excludes halogenated alkanes) is 5. The molecule has 0 radical (unpaired) electrons. The third-order valence-electron chi connectivity index (χ3n) is 9.54. The lowest BCUT2D eigenvalue weighted by atomic mass is 10.1. The Morgan fingerprint density at radius 3 is 0.923 bits per heavy atom. The summed E-state index contributed by atoms with van der Waals surface area (Å²) in [6, 6.07) is 0. The van der Waals surface area contributed by atoms with E-state index in [9.17, 15) is 14.4 Å².